The van der Waals surface area contributed by atoms with Gasteiger partial charge in [-0.05, 0) is 42.8 Å². The lowest BCUT2D eigenvalue weighted by atomic mass is 10.1. The van der Waals surface area contributed by atoms with Gasteiger partial charge in [0.05, 0.1) is 11.3 Å². The van der Waals surface area contributed by atoms with E-state index < -0.39 is 6.04 Å². The summed E-state index contributed by atoms with van der Waals surface area (Å²) in [5.41, 5.74) is 2.62. The molecule has 3 N–H and O–H groups in total. The van der Waals surface area contributed by atoms with Gasteiger partial charge in [0.1, 0.15) is 6.04 Å². The van der Waals surface area contributed by atoms with Crippen LogP contribution in [0.2, 0.25) is 0 Å². The van der Waals surface area contributed by atoms with Crippen LogP contribution < -0.4 is 20.9 Å². The molecule has 0 saturated heterocycles. The van der Waals surface area contributed by atoms with E-state index in [4.69, 9.17) is 0 Å². The minimum Gasteiger partial charge on any atom is -0.378 e. The predicted octanol–water partition coefficient (Wildman–Crippen LogP) is 2.22. The van der Waals surface area contributed by atoms with Crippen molar-refractivity contribution in [1.29, 1.82) is 0 Å². The number of carbonyl (C=O) groups excluding carboxylic acids is 3. The molecule has 1 heterocycles. The molecule has 0 fully saturated rings. The van der Waals surface area contributed by atoms with E-state index in [9.17, 15) is 14.4 Å². The monoisotopic (exact) mass is 366 g/mol. The lowest BCUT2D eigenvalue weighted by molar-refractivity contribution is -0.118. The lowest BCUT2D eigenvalue weighted by Gasteiger charge is -2.15. The molecule has 7 heteroatoms. The van der Waals surface area contributed by atoms with Gasteiger partial charge in [-0.2, -0.15) is 0 Å². The van der Waals surface area contributed by atoms with Gasteiger partial charge in [-0.3, -0.25) is 14.4 Å². The molecular weight excluding hydrogens is 344 g/mol. The van der Waals surface area contributed by atoms with Crippen molar-refractivity contribution in [2.24, 2.45) is 0 Å². The van der Waals surface area contributed by atoms with Gasteiger partial charge in [0, 0.05) is 31.9 Å². The Bertz CT molecular complexity index is 862. The standard InChI is InChI=1S/C20H22N4O3/c1-24(2)14-9-7-13(8-10-14)21-18(25)12-11-17-20(27)22-16-6-4-3-5-15(16)19(26)23-17/h3-10,17H,11-12H2,1-2H3,(H,21,25)(H,22,27)(H,23,26). The van der Waals surface area contributed by atoms with Crippen molar-refractivity contribution in [3.05, 3.63) is 54.1 Å². The maximum atomic E-state index is 12.3. The molecule has 2 aromatic carbocycles. The number of amides is 3. The van der Waals surface area contributed by atoms with Gasteiger partial charge in [-0.1, -0.05) is 12.1 Å². The van der Waals surface area contributed by atoms with E-state index in [1.54, 1.807) is 24.3 Å². The van der Waals surface area contributed by atoms with E-state index in [1.165, 1.54) is 0 Å². The first-order chi connectivity index (χ1) is 12.9. The molecule has 1 atom stereocenters. The number of hydrogen-bond acceptors (Lipinski definition) is 4. The van der Waals surface area contributed by atoms with E-state index in [2.05, 4.69) is 16.0 Å². The van der Waals surface area contributed by atoms with Crippen molar-refractivity contribution < 1.29 is 14.4 Å². The van der Waals surface area contributed by atoms with E-state index in [0.717, 1.165) is 5.69 Å². The molecule has 2 aromatic rings. The Hall–Kier alpha value is -3.35. The molecule has 0 bridgehead atoms. The Morgan fingerprint density at radius 3 is 2.48 bits per heavy atom. The van der Waals surface area contributed by atoms with E-state index >= 15 is 0 Å². The molecule has 1 unspecified atom stereocenters. The number of anilines is 3. The van der Waals surface area contributed by atoms with Crippen LogP contribution in [0.25, 0.3) is 0 Å². The van der Waals surface area contributed by atoms with Crippen LogP contribution in [-0.4, -0.2) is 37.9 Å². The Morgan fingerprint density at radius 1 is 1.07 bits per heavy atom. The molecule has 3 rings (SSSR count). The van der Waals surface area contributed by atoms with Gasteiger partial charge < -0.3 is 20.9 Å². The third kappa shape index (κ3) is 4.44. The molecular formula is C20H22N4O3. The van der Waals surface area contributed by atoms with Gasteiger partial charge in [0.25, 0.3) is 5.91 Å². The Labute approximate surface area is 157 Å². The highest BCUT2D eigenvalue weighted by Gasteiger charge is 2.27. The fourth-order valence-electron chi connectivity index (χ4n) is 2.86. The number of nitrogens with zero attached hydrogens (tertiary/aromatic N) is 1. The highest BCUT2D eigenvalue weighted by atomic mass is 16.2. The summed E-state index contributed by atoms with van der Waals surface area (Å²) in [6.07, 6.45) is 0.331. The van der Waals surface area contributed by atoms with Crippen molar-refractivity contribution >= 4 is 34.8 Å². The second kappa shape index (κ2) is 7.90. The van der Waals surface area contributed by atoms with Crippen molar-refractivity contribution in [3.63, 3.8) is 0 Å². The number of benzene rings is 2. The maximum Gasteiger partial charge on any atom is 0.254 e. The smallest absolute Gasteiger partial charge is 0.254 e. The normalized spacial score (nSPS) is 15.9. The average molecular weight is 366 g/mol. The third-order valence-corrected chi connectivity index (χ3v) is 4.38. The molecule has 140 valence electrons. The van der Waals surface area contributed by atoms with Crippen LogP contribution in [0.4, 0.5) is 17.1 Å². The first-order valence-corrected chi connectivity index (χ1v) is 8.72. The van der Waals surface area contributed by atoms with Gasteiger partial charge >= 0.3 is 0 Å². The lowest BCUT2D eigenvalue weighted by Crippen LogP contribution is -2.41. The average Bonchev–Trinajstić information content (AvgIpc) is 2.77. The van der Waals surface area contributed by atoms with Crippen molar-refractivity contribution in [1.82, 2.24) is 5.32 Å². The van der Waals surface area contributed by atoms with Gasteiger partial charge in [-0.25, -0.2) is 0 Å². The SMILES string of the molecule is CN(C)c1ccc(NC(=O)CCC2NC(=O)c3ccccc3NC2=O)cc1. The molecule has 1 aliphatic heterocycles. The van der Waals surface area contributed by atoms with Crippen LogP contribution >= 0.6 is 0 Å². The highest BCUT2D eigenvalue weighted by molar-refractivity contribution is 6.10. The molecule has 0 aliphatic carbocycles. The van der Waals surface area contributed by atoms with Crippen LogP contribution in [0.1, 0.15) is 23.2 Å². The maximum absolute atomic E-state index is 12.3. The number of carbonyl (C=O) groups is 3. The summed E-state index contributed by atoms with van der Waals surface area (Å²) in [5.74, 6) is -0.860. The largest absolute Gasteiger partial charge is 0.378 e. The van der Waals surface area contributed by atoms with Gasteiger partial charge in [0.15, 0.2) is 0 Å². The Balaban J connectivity index is 1.57. The first kappa shape index (κ1) is 18.4. The second-order valence-corrected chi connectivity index (χ2v) is 6.59. The summed E-state index contributed by atoms with van der Waals surface area (Å²) in [5, 5.41) is 8.23. The number of rotatable bonds is 5. The Morgan fingerprint density at radius 2 is 1.78 bits per heavy atom. The summed E-state index contributed by atoms with van der Waals surface area (Å²) in [7, 11) is 3.88. The van der Waals surface area contributed by atoms with Crippen molar-refractivity contribution in [3.8, 4) is 0 Å². The molecule has 0 saturated carbocycles. The number of para-hydroxylation sites is 1. The fraction of sp³-hybridized carbons (Fsp3) is 0.250. The highest BCUT2D eigenvalue weighted by Crippen LogP contribution is 2.20. The van der Waals surface area contributed by atoms with E-state index in [0.29, 0.717) is 16.9 Å². The summed E-state index contributed by atoms with van der Waals surface area (Å²) >= 11 is 0. The van der Waals surface area contributed by atoms with Crippen LogP contribution in [-0.2, 0) is 9.59 Å². The number of nitrogens with one attached hydrogen (secondary N) is 3. The molecule has 0 spiro atoms. The second-order valence-electron chi connectivity index (χ2n) is 6.59. The summed E-state index contributed by atoms with van der Waals surface area (Å²) in [6.45, 7) is 0. The zero-order valence-corrected chi connectivity index (χ0v) is 15.3. The topological polar surface area (TPSA) is 90.5 Å². The molecule has 0 aromatic heterocycles. The summed E-state index contributed by atoms with van der Waals surface area (Å²) in [4.78, 5) is 38.8. The molecule has 0 radical (unpaired) electrons. The third-order valence-electron chi connectivity index (χ3n) is 4.38. The van der Waals surface area contributed by atoms with Crippen molar-refractivity contribution in [2.45, 2.75) is 18.9 Å². The van der Waals surface area contributed by atoms with Gasteiger partial charge in [-0.15, -0.1) is 0 Å². The van der Waals surface area contributed by atoms with Crippen LogP contribution in [0, 0.1) is 0 Å². The predicted molar refractivity (Wildman–Crippen MR) is 105 cm³/mol. The minimum absolute atomic E-state index is 0.115. The zero-order valence-electron chi connectivity index (χ0n) is 15.3. The Kier molecular flexibility index (Phi) is 5.40. The quantitative estimate of drug-likeness (QED) is 0.757. The van der Waals surface area contributed by atoms with Gasteiger partial charge in [0.2, 0.25) is 11.8 Å². The van der Waals surface area contributed by atoms with Crippen LogP contribution in [0.15, 0.2) is 48.5 Å². The summed E-state index contributed by atoms with van der Waals surface area (Å²) < 4.78 is 0. The molecule has 1 aliphatic rings. The number of fused-ring (bicyclic) bond motifs is 1. The minimum atomic E-state index is -0.758. The summed E-state index contributed by atoms with van der Waals surface area (Å²) in [6, 6.07) is 13.5. The van der Waals surface area contributed by atoms with Crippen LogP contribution in [0.5, 0.6) is 0 Å². The van der Waals surface area contributed by atoms with E-state index in [-0.39, 0.29) is 30.6 Å². The molecule has 27 heavy (non-hydrogen) atoms. The molecule has 7 nitrogen and oxygen atoms in total. The molecule has 3 amide bonds. The number of hydrogen-bond donors (Lipinski definition) is 3. The first-order valence-electron chi connectivity index (χ1n) is 8.72. The van der Waals surface area contributed by atoms with Crippen LogP contribution in [0.3, 0.4) is 0 Å². The van der Waals surface area contributed by atoms with E-state index in [1.807, 2.05) is 43.3 Å². The fourth-order valence-corrected chi connectivity index (χ4v) is 2.86. The zero-order chi connectivity index (χ0) is 19.4. The van der Waals surface area contributed by atoms with Crippen molar-refractivity contribution in [2.75, 3.05) is 29.6 Å².